The van der Waals surface area contributed by atoms with E-state index in [4.69, 9.17) is 11.6 Å². The Hall–Kier alpha value is -1.13. The van der Waals surface area contributed by atoms with Crippen LogP contribution >= 0.6 is 11.6 Å². The summed E-state index contributed by atoms with van der Waals surface area (Å²) in [6, 6.07) is 1.99. The molecule has 0 saturated carbocycles. The van der Waals surface area contributed by atoms with Crippen LogP contribution in [0, 0.1) is 6.92 Å². The molecule has 0 radical (unpaired) electrons. The van der Waals surface area contributed by atoms with E-state index in [-0.39, 0.29) is 0 Å². The Bertz CT molecular complexity index is 548. The van der Waals surface area contributed by atoms with Crippen molar-refractivity contribution in [3.8, 4) is 0 Å². The Morgan fingerprint density at radius 2 is 2.11 bits per heavy atom. The van der Waals surface area contributed by atoms with Gasteiger partial charge in [-0.15, -0.1) is 11.6 Å². The minimum Gasteiger partial charge on any atom is -0.312 e. The molecule has 0 aliphatic rings. The number of rotatable bonds is 6. The molecule has 0 N–H and O–H groups in total. The molecule has 2 aromatic rings. The standard InChI is InChI=1S/C14H21ClN4/c1-11-6-7-16-14-13(11)17-12(10-15)19(14)9-5-4-8-18(2)3/h6-7H,4-5,8-10H2,1-3H3. The van der Waals surface area contributed by atoms with Crippen molar-refractivity contribution in [2.45, 2.75) is 32.2 Å². The second kappa shape index (κ2) is 6.35. The van der Waals surface area contributed by atoms with Crippen molar-refractivity contribution in [3.63, 3.8) is 0 Å². The van der Waals surface area contributed by atoms with Gasteiger partial charge < -0.3 is 9.47 Å². The highest BCUT2D eigenvalue weighted by Gasteiger charge is 2.12. The average molecular weight is 281 g/mol. The Kier molecular flexibility index (Phi) is 4.77. The van der Waals surface area contributed by atoms with Crippen LogP contribution in [0.2, 0.25) is 0 Å². The summed E-state index contributed by atoms with van der Waals surface area (Å²) in [7, 11) is 4.20. The van der Waals surface area contributed by atoms with Crippen molar-refractivity contribution in [1.82, 2.24) is 19.4 Å². The van der Waals surface area contributed by atoms with Gasteiger partial charge in [-0.05, 0) is 52.0 Å². The van der Waals surface area contributed by atoms with Crippen molar-refractivity contribution in [3.05, 3.63) is 23.7 Å². The van der Waals surface area contributed by atoms with Crippen molar-refractivity contribution in [2.75, 3.05) is 20.6 Å². The fourth-order valence-electron chi connectivity index (χ4n) is 2.22. The zero-order chi connectivity index (χ0) is 13.8. The molecular formula is C14H21ClN4. The molecule has 104 valence electrons. The summed E-state index contributed by atoms with van der Waals surface area (Å²) in [5.74, 6) is 1.35. The summed E-state index contributed by atoms with van der Waals surface area (Å²) < 4.78 is 2.16. The van der Waals surface area contributed by atoms with Crippen LogP contribution in [0.25, 0.3) is 11.2 Å². The molecule has 0 aliphatic carbocycles. The molecule has 0 aromatic carbocycles. The summed E-state index contributed by atoms with van der Waals surface area (Å²) in [6.07, 6.45) is 4.12. The van der Waals surface area contributed by atoms with E-state index in [2.05, 4.69) is 40.5 Å². The molecule has 2 aromatic heterocycles. The smallest absolute Gasteiger partial charge is 0.160 e. The van der Waals surface area contributed by atoms with Gasteiger partial charge in [-0.25, -0.2) is 9.97 Å². The van der Waals surface area contributed by atoms with Gasteiger partial charge in [0.05, 0.1) is 5.88 Å². The number of imidazole rings is 1. The summed E-state index contributed by atoms with van der Waals surface area (Å²) in [5, 5.41) is 0. The lowest BCUT2D eigenvalue weighted by molar-refractivity contribution is 0.387. The van der Waals surface area contributed by atoms with E-state index in [1.54, 1.807) is 0 Å². The van der Waals surface area contributed by atoms with Gasteiger partial charge in [0.25, 0.3) is 0 Å². The topological polar surface area (TPSA) is 34.0 Å². The minimum absolute atomic E-state index is 0.434. The lowest BCUT2D eigenvalue weighted by atomic mass is 10.2. The molecule has 0 aliphatic heterocycles. The first-order valence-electron chi connectivity index (χ1n) is 6.65. The van der Waals surface area contributed by atoms with Gasteiger partial charge in [-0.1, -0.05) is 0 Å². The van der Waals surface area contributed by atoms with Crippen molar-refractivity contribution < 1.29 is 0 Å². The molecule has 4 nitrogen and oxygen atoms in total. The number of unbranched alkanes of at least 4 members (excludes halogenated alkanes) is 1. The van der Waals surface area contributed by atoms with Gasteiger partial charge in [-0.3, -0.25) is 0 Å². The Morgan fingerprint density at radius 1 is 1.32 bits per heavy atom. The predicted molar refractivity (Wildman–Crippen MR) is 79.6 cm³/mol. The predicted octanol–water partition coefficient (Wildman–Crippen LogP) is 2.82. The monoisotopic (exact) mass is 280 g/mol. The second-order valence-electron chi connectivity index (χ2n) is 5.12. The number of hydrogen-bond acceptors (Lipinski definition) is 3. The van der Waals surface area contributed by atoms with Crippen LogP contribution in [0.4, 0.5) is 0 Å². The number of nitrogens with zero attached hydrogens (tertiary/aromatic N) is 4. The Labute approximate surface area is 119 Å². The molecule has 0 saturated heterocycles. The Balaban J connectivity index is 2.18. The molecule has 5 heteroatoms. The van der Waals surface area contributed by atoms with Gasteiger partial charge >= 0.3 is 0 Å². The van der Waals surface area contributed by atoms with E-state index >= 15 is 0 Å². The normalized spacial score (nSPS) is 11.6. The average Bonchev–Trinajstić information content (AvgIpc) is 2.74. The van der Waals surface area contributed by atoms with Crippen molar-refractivity contribution in [1.29, 1.82) is 0 Å². The van der Waals surface area contributed by atoms with Crippen LogP contribution in [0.5, 0.6) is 0 Å². The fraction of sp³-hybridized carbons (Fsp3) is 0.571. The third-order valence-electron chi connectivity index (χ3n) is 3.27. The van der Waals surface area contributed by atoms with Crippen LogP contribution in [-0.4, -0.2) is 40.1 Å². The van der Waals surface area contributed by atoms with E-state index in [1.165, 1.54) is 6.42 Å². The molecule has 2 heterocycles. The van der Waals surface area contributed by atoms with E-state index in [0.29, 0.717) is 5.88 Å². The zero-order valence-corrected chi connectivity index (χ0v) is 12.6. The number of pyridine rings is 1. The molecule has 0 amide bonds. The molecular weight excluding hydrogens is 260 g/mol. The highest BCUT2D eigenvalue weighted by Crippen LogP contribution is 2.19. The number of halogens is 1. The summed E-state index contributed by atoms with van der Waals surface area (Å²) in [5.41, 5.74) is 3.09. The number of aryl methyl sites for hydroxylation is 2. The van der Waals surface area contributed by atoms with Gasteiger partial charge in [0.2, 0.25) is 0 Å². The summed E-state index contributed by atoms with van der Waals surface area (Å²) in [6.45, 7) is 4.10. The van der Waals surface area contributed by atoms with Crippen LogP contribution in [0.15, 0.2) is 12.3 Å². The number of hydrogen-bond donors (Lipinski definition) is 0. The number of alkyl halides is 1. The minimum atomic E-state index is 0.434. The summed E-state index contributed by atoms with van der Waals surface area (Å²) in [4.78, 5) is 11.3. The van der Waals surface area contributed by atoms with Gasteiger partial charge in [0.15, 0.2) is 5.65 Å². The fourth-order valence-corrected chi connectivity index (χ4v) is 2.42. The molecule has 0 fully saturated rings. The third-order valence-corrected chi connectivity index (χ3v) is 3.51. The lowest BCUT2D eigenvalue weighted by Crippen LogP contribution is -2.14. The van der Waals surface area contributed by atoms with Gasteiger partial charge in [0.1, 0.15) is 11.3 Å². The SMILES string of the molecule is Cc1ccnc2c1nc(CCl)n2CCCCN(C)C. The van der Waals surface area contributed by atoms with Crippen molar-refractivity contribution in [2.24, 2.45) is 0 Å². The van der Waals surface area contributed by atoms with E-state index in [0.717, 1.165) is 42.1 Å². The number of fused-ring (bicyclic) bond motifs is 1. The van der Waals surface area contributed by atoms with E-state index in [1.807, 2.05) is 12.3 Å². The highest BCUT2D eigenvalue weighted by molar-refractivity contribution is 6.16. The van der Waals surface area contributed by atoms with E-state index < -0.39 is 0 Å². The molecule has 0 atom stereocenters. The lowest BCUT2D eigenvalue weighted by Gasteiger charge is -2.10. The molecule has 0 unspecified atom stereocenters. The molecule has 2 rings (SSSR count). The molecule has 0 bridgehead atoms. The largest absolute Gasteiger partial charge is 0.312 e. The summed E-state index contributed by atoms with van der Waals surface area (Å²) >= 11 is 6.00. The molecule has 0 spiro atoms. The zero-order valence-electron chi connectivity index (χ0n) is 11.9. The van der Waals surface area contributed by atoms with Gasteiger partial charge in [-0.2, -0.15) is 0 Å². The second-order valence-corrected chi connectivity index (χ2v) is 5.39. The van der Waals surface area contributed by atoms with Crippen LogP contribution in [0.1, 0.15) is 24.2 Å². The maximum absolute atomic E-state index is 6.00. The third kappa shape index (κ3) is 3.25. The first kappa shape index (κ1) is 14.3. The number of aromatic nitrogens is 3. The maximum atomic E-state index is 6.00. The highest BCUT2D eigenvalue weighted by atomic mass is 35.5. The van der Waals surface area contributed by atoms with Crippen LogP contribution in [-0.2, 0) is 12.4 Å². The first-order chi connectivity index (χ1) is 9.13. The quantitative estimate of drug-likeness (QED) is 0.603. The van der Waals surface area contributed by atoms with E-state index in [9.17, 15) is 0 Å². The first-order valence-corrected chi connectivity index (χ1v) is 7.18. The maximum Gasteiger partial charge on any atom is 0.160 e. The van der Waals surface area contributed by atoms with Gasteiger partial charge in [0, 0.05) is 12.7 Å². The van der Waals surface area contributed by atoms with Crippen LogP contribution < -0.4 is 0 Å². The van der Waals surface area contributed by atoms with Crippen molar-refractivity contribution >= 4 is 22.8 Å². The van der Waals surface area contributed by atoms with Crippen LogP contribution in [0.3, 0.4) is 0 Å². The Morgan fingerprint density at radius 3 is 2.79 bits per heavy atom. The molecule has 19 heavy (non-hydrogen) atoms.